The molecule has 39 heavy (non-hydrogen) atoms. The quantitative estimate of drug-likeness (QED) is 0.489. The predicted molar refractivity (Wildman–Crippen MR) is 139 cm³/mol. The number of sulfonamides is 1. The normalized spacial score (nSPS) is 20.6. The molecule has 3 aliphatic heterocycles. The highest BCUT2D eigenvalue weighted by molar-refractivity contribution is 7.89. The van der Waals surface area contributed by atoms with Gasteiger partial charge in [-0.1, -0.05) is 12.1 Å². The molecule has 206 valence electrons. The van der Waals surface area contributed by atoms with Gasteiger partial charge in [-0.2, -0.15) is 9.40 Å². The molecule has 0 spiro atoms. The smallest absolute Gasteiger partial charge is 0.258 e. The number of nitrogens with one attached hydrogen (secondary N) is 2. The lowest BCUT2D eigenvalue weighted by Crippen LogP contribution is -2.58. The number of aromatic nitrogens is 2. The molecule has 3 aliphatic rings. The van der Waals surface area contributed by atoms with E-state index in [9.17, 15) is 18.0 Å². The van der Waals surface area contributed by atoms with Crippen LogP contribution in [0.1, 0.15) is 22.3 Å². The Morgan fingerprint density at radius 2 is 1.92 bits per heavy atom. The summed E-state index contributed by atoms with van der Waals surface area (Å²) < 4.78 is 46.6. The van der Waals surface area contributed by atoms with Crippen molar-refractivity contribution in [2.75, 3.05) is 26.8 Å². The van der Waals surface area contributed by atoms with Crippen LogP contribution < -0.4 is 24.8 Å². The molecule has 1 aromatic heterocycles. The second-order valence-electron chi connectivity index (χ2n) is 9.31. The number of hydrogen-bond acceptors (Lipinski definition) is 8. The van der Waals surface area contributed by atoms with Crippen LogP contribution in [0.4, 0.5) is 0 Å². The van der Waals surface area contributed by atoms with Gasteiger partial charge < -0.3 is 24.8 Å². The van der Waals surface area contributed by atoms with Crippen molar-refractivity contribution < 1.29 is 32.2 Å². The Hall–Kier alpha value is -4.10. The summed E-state index contributed by atoms with van der Waals surface area (Å²) in [5, 5.41) is 9.73. The van der Waals surface area contributed by atoms with Crippen LogP contribution in [0.3, 0.4) is 0 Å². The number of ether oxygens (including phenoxy) is 3. The van der Waals surface area contributed by atoms with Gasteiger partial charge in [-0.25, -0.2) is 8.42 Å². The van der Waals surface area contributed by atoms with E-state index in [1.807, 2.05) is 12.1 Å². The first-order valence-corrected chi connectivity index (χ1v) is 13.8. The average Bonchev–Trinajstić information content (AvgIpc) is 3.38. The van der Waals surface area contributed by atoms with Crippen LogP contribution in [0.15, 0.2) is 59.8 Å². The number of methoxy groups -OCH3 is 1. The molecule has 2 N–H and O–H groups in total. The number of nitrogens with zero attached hydrogens (tertiary/aromatic N) is 3. The van der Waals surface area contributed by atoms with E-state index in [1.165, 1.54) is 34.6 Å². The number of piperidine rings is 1. The van der Waals surface area contributed by atoms with Crippen LogP contribution in [0.25, 0.3) is 0 Å². The van der Waals surface area contributed by atoms with Gasteiger partial charge in [0.2, 0.25) is 10.0 Å². The molecule has 13 heteroatoms. The highest BCUT2D eigenvalue weighted by Gasteiger charge is 2.38. The molecular formula is C26H29N5O7S. The van der Waals surface area contributed by atoms with Crippen LogP contribution in [0.5, 0.6) is 17.2 Å². The first-order chi connectivity index (χ1) is 18.7. The molecule has 3 aromatic rings. The summed E-state index contributed by atoms with van der Waals surface area (Å²) in [6.07, 6.45) is 2.60. The van der Waals surface area contributed by atoms with Gasteiger partial charge in [-0.3, -0.25) is 14.3 Å². The molecule has 0 aliphatic carbocycles. The van der Waals surface area contributed by atoms with E-state index in [0.717, 1.165) is 5.56 Å². The van der Waals surface area contributed by atoms with E-state index in [-0.39, 0.29) is 41.8 Å². The van der Waals surface area contributed by atoms with Crippen molar-refractivity contribution in [1.82, 2.24) is 24.7 Å². The highest BCUT2D eigenvalue weighted by atomic mass is 32.2. The van der Waals surface area contributed by atoms with Crippen LogP contribution in [0, 0.1) is 0 Å². The fourth-order valence-corrected chi connectivity index (χ4v) is 5.98. The number of amides is 2. The van der Waals surface area contributed by atoms with Gasteiger partial charge in [0.1, 0.15) is 16.7 Å². The average molecular weight is 556 g/mol. The second-order valence-corrected chi connectivity index (χ2v) is 11.3. The van der Waals surface area contributed by atoms with Crippen molar-refractivity contribution in [1.29, 1.82) is 0 Å². The fourth-order valence-electron chi connectivity index (χ4n) is 4.52. The summed E-state index contributed by atoms with van der Waals surface area (Å²) in [4.78, 5) is 25.8. The summed E-state index contributed by atoms with van der Waals surface area (Å²) in [7, 11) is -0.727. The fraction of sp³-hybridized carbons (Fsp3) is 0.346. The molecule has 0 unspecified atom stereocenters. The molecule has 2 aromatic carbocycles. The van der Waals surface area contributed by atoms with Crippen molar-refractivity contribution in [3.63, 3.8) is 0 Å². The van der Waals surface area contributed by atoms with Gasteiger partial charge >= 0.3 is 0 Å². The largest absolute Gasteiger partial charge is 0.493 e. The zero-order valence-corrected chi connectivity index (χ0v) is 22.3. The Morgan fingerprint density at radius 1 is 1.13 bits per heavy atom. The van der Waals surface area contributed by atoms with Crippen molar-refractivity contribution >= 4 is 21.8 Å². The molecule has 1 fully saturated rings. The lowest BCUT2D eigenvalue weighted by molar-refractivity contribution is -0.123. The van der Waals surface area contributed by atoms with E-state index < -0.39 is 28.1 Å². The van der Waals surface area contributed by atoms with Gasteiger partial charge in [0.05, 0.1) is 19.3 Å². The minimum absolute atomic E-state index is 0.00362. The molecule has 6 rings (SSSR count). The van der Waals surface area contributed by atoms with Gasteiger partial charge in [-0.05, 0) is 35.9 Å². The predicted octanol–water partition coefficient (Wildman–Crippen LogP) is 1.08. The standard InChI is InChI=1S/C26H29N5O7S/c1-30-14-20(13-28-30)39(34,35)31-10-9-22-21(15-31)29-26(33)18-5-8-23(36-2)24(11-18)37-16-25(32)27-12-17-3-6-19(38-22)7-4-17/h3-8,11,13-14,21-22H,9-10,12,15-16H2,1-2H3,(H,27,32)(H,29,33)/t21-,22+/m0/s1. The molecule has 1 saturated heterocycles. The number of aryl methyl sites for hydroxylation is 1. The van der Waals surface area contributed by atoms with Crippen molar-refractivity contribution in [2.24, 2.45) is 7.05 Å². The Morgan fingerprint density at radius 3 is 2.64 bits per heavy atom. The lowest BCUT2D eigenvalue weighted by atomic mass is 10.0. The molecule has 12 nitrogen and oxygen atoms in total. The van der Waals surface area contributed by atoms with Crippen molar-refractivity contribution in [3.05, 3.63) is 66.0 Å². The highest BCUT2D eigenvalue weighted by Crippen LogP contribution is 2.29. The monoisotopic (exact) mass is 555 g/mol. The van der Waals surface area contributed by atoms with Crippen LogP contribution in [-0.2, 0) is 28.4 Å². The topological polar surface area (TPSA) is 141 Å². The van der Waals surface area contributed by atoms with E-state index in [4.69, 9.17) is 14.2 Å². The number of carbonyl (C=O) groups excluding carboxylic acids is 2. The van der Waals surface area contributed by atoms with Crippen molar-refractivity contribution in [2.45, 2.75) is 30.0 Å². The lowest BCUT2D eigenvalue weighted by Gasteiger charge is -2.38. The third kappa shape index (κ3) is 5.83. The maximum Gasteiger partial charge on any atom is 0.258 e. The minimum Gasteiger partial charge on any atom is -0.493 e. The zero-order valence-electron chi connectivity index (χ0n) is 21.5. The number of rotatable bonds is 3. The molecule has 0 radical (unpaired) electrons. The number of hydrogen-bond donors (Lipinski definition) is 2. The number of fused-ring (bicyclic) bond motifs is 7. The van der Waals surface area contributed by atoms with E-state index in [1.54, 1.807) is 31.3 Å². The van der Waals surface area contributed by atoms with Gasteiger partial charge in [0.15, 0.2) is 18.1 Å². The molecule has 0 saturated carbocycles. The third-order valence-electron chi connectivity index (χ3n) is 6.63. The Bertz CT molecular complexity index is 1470. The maximum atomic E-state index is 13.4. The molecule has 4 bridgehead atoms. The Kier molecular flexibility index (Phi) is 7.44. The molecule has 2 atom stereocenters. The number of benzene rings is 2. The summed E-state index contributed by atoms with van der Waals surface area (Å²) in [5.74, 6) is 0.367. The summed E-state index contributed by atoms with van der Waals surface area (Å²) in [6, 6.07) is 11.2. The Balaban J connectivity index is 1.47. The Labute approximate surface area is 225 Å². The molecule has 2 amide bonds. The SMILES string of the molecule is COc1ccc2cc1OCC(=O)NCc1ccc(cc1)O[C@@H]1CCN(S(=O)(=O)c3cnn(C)c3)C[C@@H]1NC2=O. The van der Waals surface area contributed by atoms with Crippen LogP contribution in [0.2, 0.25) is 0 Å². The van der Waals surface area contributed by atoms with Gasteiger partial charge in [0, 0.05) is 44.9 Å². The summed E-state index contributed by atoms with van der Waals surface area (Å²) in [5.41, 5.74) is 1.12. The second kappa shape index (κ2) is 10.9. The summed E-state index contributed by atoms with van der Waals surface area (Å²) >= 11 is 0. The minimum atomic E-state index is -3.83. The van der Waals surface area contributed by atoms with Crippen LogP contribution in [-0.4, -0.2) is 73.3 Å². The number of carbonyl (C=O) groups is 2. The molecule has 4 heterocycles. The summed E-state index contributed by atoms with van der Waals surface area (Å²) in [6.45, 7) is 0.240. The van der Waals surface area contributed by atoms with E-state index in [2.05, 4.69) is 15.7 Å². The van der Waals surface area contributed by atoms with E-state index >= 15 is 0 Å². The molecular weight excluding hydrogens is 526 g/mol. The van der Waals surface area contributed by atoms with Gasteiger partial charge in [-0.15, -0.1) is 0 Å². The van der Waals surface area contributed by atoms with Crippen LogP contribution >= 0.6 is 0 Å². The first kappa shape index (κ1) is 26.5. The van der Waals surface area contributed by atoms with Crippen molar-refractivity contribution in [3.8, 4) is 17.2 Å². The van der Waals surface area contributed by atoms with E-state index in [0.29, 0.717) is 24.5 Å². The third-order valence-corrected chi connectivity index (χ3v) is 8.45. The first-order valence-electron chi connectivity index (χ1n) is 12.4. The maximum absolute atomic E-state index is 13.4. The van der Waals surface area contributed by atoms with Gasteiger partial charge in [0.25, 0.3) is 11.8 Å². The zero-order chi connectivity index (χ0) is 27.6.